The Kier molecular flexibility index (Phi) is 5.13. The summed E-state index contributed by atoms with van der Waals surface area (Å²) < 4.78 is 7.50. The van der Waals surface area contributed by atoms with Crippen molar-refractivity contribution in [1.82, 2.24) is 14.5 Å². The Hall–Kier alpha value is -2.50. The predicted molar refractivity (Wildman–Crippen MR) is 87.6 cm³/mol. The summed E-state index contributed by atoms with van der Waals surface area (Å²) in [5.74, 6) is 0.814. The number of imidazole rings is 1. The zero-order valence-electron chi connectivity index (χ0n) is 12.7. The second-order valence-corrected chi connectivity index (χ2v) is 5.29. The third kappa shape index (κ3) is 4.25. The lowest BCUT2D eigenvalue weighted by atomic mass is 10.2. The Labute approximate surface area is 135 Å². The summed E-state index contributed by atoms with van der Waals surface area (Å²) in [5.41, 5.74) is 2.07. The lowest BCUT2D eigenvalue weighted by molar-refractivity contribution is 0.0206. The van der Waals surface area contributed by atoms with Gasteiger partial charge in [-0.15, -0.1) is 0 Å². The summed E-state index contributed by atoms with van der Waals surface area (Å²) in [6, 6.07) is 13.7. The van der Waals surface area contributed by atoms with Gasteiger partial charge >= 0.3 is 0 Å². The fraction of sp³-hybridized carbons (Fsp3) is 0.222. The lowest BCUT2D eigenvalue weighted by Crippen LogP contribution is -2.22. The molecule has 0 aliphatic rings. The molecule has 1 unspecified atom stereocenters. The first-order valence-electron chi connectivity index (χ1n) is 7.54. The molecule has 23 heavy (non-hydrogen) atoms. The highest BCUT2D eigenvalue weighted by Gasteiger charge is 2.10. The van der Waals surface area contributed by atoms with Gasteiger partial charge in [-0.1, -0.05) is 30.3 Å². The van der Waals surface area contributed by atoms with E-state index in [2.05, 4.69) is 9.97 Å². The third-order valence-electron chi connectivity index (χ3n) is 3.48. The lowest BCUT2D eigenvalue weighted by Gasteiger charge is -2.14. The van der Waals surface area contributed by atoms with Crippen molar-refractivity contribution in [2.75, 3.05) is 6.61 Å². The summed E-state index contributed by atoms with van der Waals surface area (Å²) in [7, 11) is 0. The molecule has 0 aliphatic carbocycles. The smallest absolute Gasteiger partial charge is 0.140 e. The van der Waals surface area contributed by atoms with Gasteiger partial charge in [0.15, 0.2) is 0 Å². The van der Waals surface area contributed by atoms with Crippen molar-refractivity contribution in [3.8, 4) is 11.4 Å². The van der Waals surface area contributed by atoms with Crippen LogP contribution in [0.25, 0.3) is 11.4 Å². The minimum Gasteiger partial charge on any atom is -0.389 e. The van der Waals surface area contributed by atoms with Gasteiger partial charge in [0.2, 0.25) is 0 Å². The summed E-state index contributed by atoms with van der Waals surface area (Å²) >= 11 is 0. The van der Waals surface area contributed by atoms with Crippen LogP contribution in [0.2, 0.25) is 0 Å². The topological polar surface area (TPSA) is 60.2 Å². The van der Waals surface area contributed by atoms with Gasteiger partial charge in [0, 0.05) is 30.4 Å². The largest absolute Gasteiger partial charge is 0.389 e. The van der Waals surface area contributed by atoms with Crippen LogP contribution >= 0.6 is 0 Å². The number of aromatic nitrogens is 3. The second kappa shape index (κ2) is 7.67. The van der Waals surface area contributed by atoms with Crippen LogP contribution in [-0.4, -0.2) is 32.4 Å². The molecule has 0 saturated heterocycles. The van der Waals surface area contributed by atoms with E-state index in [0.717, 1.165) is 17.0 Å². The van der Waals surface area contributed by atoms with Crippen LogP contribution in [0.15, 0.2) is 67.3 Å². The summed E-state index contributed by atoms with van der Waals surface area (Å²) in [6.07, 6.45) is 6.46. The Bertz CT molecular complexity index is 713. The molecule has 3 rings (SSSR count). The van der Waals surface area contributed by atoms with Gasteiger partial charge < -0.3 is 14.4 Å². The standard InChI is InChI=1S/C18H19N3O2/c22-17(14-23-13-15-4-2-1-3-5-15)12-21-11-10-20-18(21)16-6-8-19-9-7-16/h1-11,17,22H,12-14H2. The molecule has 1 aromatic carbocycles. The summed E-state index contributed by atoms with van der Waals surface area (Å²) in [6.45, 7) is 1.22. The number of nitrogens with zero attached hydrogens (tertiary/aromatic N) is 3. The zero-order chi connectivity index (χ0) is 15.9. The molecule has 0 saturated carbocycles. The predicted octanol–water partition coefficient (Wildman–Crippen LogP) is 2.52. The van der Waals surface area contributed by atoms with Crippen LogP contribution in [0.1, 0.15) is 5.56 Å². The Balaban J connectivity index is 1.54. The summed E-state index contributed by atoms with van der Waals surface area (Å²) in [4.78, 5) is 8.36. The number of ether oxygens (including phenoxy) is 1. The van der Waals surface area contributed by atoms with E-state index in [9.17, 15) is 5.11 Å². The number of hydrogen-bond donors (Lipinski definition) is 1. The molecule has 2 aromatic heterocycles. The second-order valence-electron chi connectivity index (χ2n) is 5.29. The normalized spacial score (nSPS) is 12.2. The van der Waals surface area contributed by atoms with Crippen LogP contribution < -0.4 is 0 Å². The van der Waals surface area contributed by atoms with Crippen molar-refractivity contribution in [1.29, 1.82) is 0 Å². The van der Waals surface area contributed by atoms with Gasteiger partial charge in [-0.3, -0.25) is 4.98 Å². The van der Waals surface area contributed by atoms with E-state index >= 15 is 0 Å². The molecule has 3 aromatic rings. The third-order valence-corrected chi connectivity index (χ3v) is 3.48. The first-order valence-corrected chi connectivity index (χ1v) is 7.54. The summed E-state index contributed by atoms with van der Waals surface area (Å²) in [5, 5.41) is 10.2. The fourth-order valence-corrected chi connectivity index (χ4v) is 2.38. The molecule has 5 nitrogen and oxygen atoms in total. The van der Waals surface area contributed by atoms with Crippen LogP contribution in [0.5, 0.6) is 0 Å². The van der Waals surface area contributed by atoms with Crippen molar-refractivity contribution in [3.63, 3.8) is 0 Å². The average molecular weight is 309 g/mol. The number of pyridine rings is 1. The van der Waals surface area contributed by atoms with E-state index in [1.807, 2.05) is 53.2 Å². The van der Waals surface area contributed by atoms with Crippen molar-refractivity contribution in [2.24, 2.45) is 0 Å². The molecular weight excluding hydrogens is 290 g/mol. The molecule has 0 spiro atoms. The number of benzene rings is 1. The maximum absolute atomic E-state index is 10.2. The van der Waals surface area contributed by atoms with Crippen molar-refractivity contribution >= 4 is 0 Å². The van der Waals surface area contributed by atoms with Gasteiger partial charge in [-0.25, -0.2) is 4.98 Å². The first-order chi connectivity index (χ1) is 11.3. The van der Waals surface area contributed by atoms with Crippen LogP contribution in [0.3, 0.4) is 0 Å². The van der Waals surface area contributed by atoms with Crippen LogP contribution in [-0.2, 0) is 17.9 Å². The van der Waals surface area contributed by atoms with Gasteiger partial charge in [0.05, 0.1) is 25.9 Å². The molecule has 0 radical (unpaired) electrons. The molecule has 0 bridgehead atoms. The van der Waals surface area contributed by atoms with E-state index in [1.165, 1.54) is 0 Å². The highest BCUT2D eigenvalue weighted by Crippen LogP contribution is 2.16. The average Bonchev–Trinajstić information content (AvgIpc) is 3.05. The number of rotatable bonds is 7. The molecular formula is C18H19N3O2. The SMILES string of the molecule is OC(COCc1ccccc1)Cn1ccnc1-c1ccncc1. The van der Waals surface area contributed by atoms with E-state index in [1.54, 1.807) is 18.6 Å². The molecule has 5 heteroatoms. The van der Waals surface area contributed by atoms with Gasteiger partial charge in [-0.2, -0.15) is 0 Å². The number of aliphatic hydroxyl groups excluding tert-OH is 1. The first kappa shape index (κ1) is 15.4. The maximum Gasteiger partial charge on any atom is 0.140 e. The van der Waals surface area contributed by atoms with Gasteiger partial charge in [0.25, 0.3) is 0 Å². The molecule has 1 atom stereocenters. The monoisotopic (exact) mass is 309 g/mol. The maximum atomic E-state index is 10.2. The fourth-order valence-electron chi connectivity index (χ4n) is 2.38. The van der Waals surface area contributed by atoms with Gasteiger partial charge in [-0.05, 0) is 17.7 Å². The molecule has 0 aliphatic heterocycles. The Morgan fingerprint density at radius 2 is 1.83 bits per heavy atom. The Morgan fingerprint density at radius 3 is 2.61 bits per heavy atom. The highest BCUT2D eigenvalue weighted by atomic mass is 16.5. The molecule has 0 fully saturated rings. The quantitative estimate of drug-likeness (QED) is 0.728. The molecule has 2 heterocycles. The van der Waals surface area contributed by atoms with Crippen molar-refractivity contribution < 1.29 is 9.84 Å². The van der Waals surface area contributed by atoms with E-state index < -0.39 is 6.10 Å². The highest BCUT2D eigenvalue weighted by molar-refractivity contribution is 5.54. The van der Waals surface area contributed by atoms with Gasteiger partial charge in [0.1, 0.15) is 5.82 Å². The van der Waals surface area contributed by atoms with Crippen LogP contribution in [0, 0.1) is 0 Å². The minimum atomic E-state index is -0.589. The van der Waals surface area contributed by atoms with E-state index in [4.69, 9.17) is 4.74 Å². The minimum absolute atomic E-state index is 0.281. The Morgan fingerprint density at radius 1 is 1.04 bits per heavy atom. The molecule has 0 amide bonds. The van der Waals surface area contributed by atoms with Crippen molar-refractivity contribution in [2.45, 2.75) is 19.3 Å². The van der Waals surface area contributed by atoms with Crippen LogP contribution in [0.4, 0.5) is 0 Å². The zero-order valence-corrected chi connectivity index (χ0v) is 12.7. The number of hydrogen-bond acceptors (Lipinski definition) is 4. The van der Waals surface area contributed by atoms with Crippen molar-refractivity contribution in [3.05, 3.63) is 72.8 Å². The molecule has 1 N–H and O–H groups in total. The van der Waals surface area contributed by atoms with E-state index in [-0.39, 0.29) is 6.61 Å². The van der Waals surface area contributed by atoms with E-state index in [0.29, 0.717) is 13.2 Å². The number of aliphatic hydroxyl groups is 1. The molecule has 118 valence electrons.